The Kier molecular flexibility index (Phi) is 7.51. The van der Waals surface area contributed by atoms with Crippen LogP contribution in [0.2, 0.25) is 0 Å². The van der Waals surface area contributed by atoms with Crippen molar-refractivity contribution in [3.63, 3.8) is 0 Å². The highest BCUT2D eigenvalue weighted by Crippen LogP contribution is 2.30. The number of fused-ring (bicyclic) bond motifs is 1. The van der Waals surface area contributed by atoms with Gasteiger partial charge in [0.05, 0.1) is 22.3 Å². The van der Waals surface area contributed by atoms with Gasteiger partial charge in [-0.2, -0.15) is 0 Å². The lowest BCUT2D eigenvalue weighted by atomic mass is 9.96. The van der Waals surface area contributed by atoms with E-state index >= 15 is 0 Å². The predicted molar refractivity (Wildman–Crippen MR) is 148 cm³/mol. The zero-order valence-electron chi connectivity index (χ0n) is 21.7. The number of carbonyl (C=O) groups is 4. The van der Waals surface area contributed by atoms with E-state index in [-0.39, 0.29) is 18.2 Å². The van der Waals surface area contributed by atoms with Crippen LogP contribution in [0.4, 0.5) is 0 Å². The van der Waals surface area contributed by atoms with Crippen molar-refractivity contribution in [2.75, 3.05) is 0 Å². The molecule has 0 saturated heterocycles. The maximum atomic E-state index is 14.1. The number of ether oxygens (including phenoxy) is 1. The molecule has 206 valence electrons. The van der Waals surface area contributed by atoms with Gasteiger partial charge in [-0.15, -0.1) is 0 Å². The molecule has 0 atom stereocenters. The minimum Gasteiger partial charge on any atom is -0.478 e. The second kappa shape index (κ2) is 11.4. The first-order chi connectivity index (χ1) is 19.7. The molecule has 0 aliphatic heterocycles. The third kappa shape index (κ3) is 5.79. The fraction of sp³-hybridized carbons (Fsp3) is 0.125. The van der Waals surface area contributed by atoms with E-state index in [1.165, 1.54) is 4.90 Å². The number of hydrogen-bond donors (Lipinski definition) is 3. The molecule has 0 radical (unpaired) electrons. The van der Waals surface area contributed by atoms with Crippen LogP contribution in [0.25, 0.3) is 0 Å². The summed E-state index contributed by atoms with van der Waals surface area (Å²) in [5.74, 6) is -4.17. The van der Waals surface area contributed by atoms with E-state index in [4.69, 9.17) is 4.74 Å². The van der Waals surface area contributed by atoms with E-state index in [0.29, 0.717) is 24.3 Å². The molecule has 1 amide bonds. The summed E-state index contributed by atoms with van der Waals surface area (Å²) < 4.78 is 5.86. The highest BCUT2D eigenvalue weighted by Gasteiger charge is 2.34. The summed E-state index contributed by atoms with van der Waals surface area (Å²) in [4.78, 5) is 51.3. The van der Waals surface area contributed by atoms with Crippen LogP contribution in [0.15, 0.2) is 91.0 Å². The Morgan fingerprint density at radius 1 is 0.634 bits per heavy atom. The van der Waals surface area contributed by atoms with Crippen LogP contribution < -0.4 is 4.74 Å². The molecular weight excluding hydrogens is 526 g/mol. The highest BCUT2D eigenvalue weighted by molar-refractivity contribution is 6.10. The van der Waals surface area contributed by atoms with E-state index in [2.05, 4.69) is 0 Å². The van der Waals surface area contributed by atoms with Gasteiger partial charge in [0.25, 0.3) is 5.91 Å². The van der Waals surface area contributed by atoms with Gasteiger partial charge in [0.1, 0.15) is 11.5 Å². The Balaban J connectivity index is 1.51. The van der Waals surface area contributed by atoms with Crippen LogP contribution in [0.5, 0.6) is 11.5 Å². The fourth-order valence-corrected chi connectivity index (χ4v) is 5.07. The van der Waals surface area contributed by atoms with Crippen LogP contribution in [0.3, 0.4) is 0 Å². The largest absolute Gasteiger partial charge is 0.478 e. The molecule has 9 nitrogen and oxygen atoms in total. The van der Waals surface area contributed by atoms with E-state index in [9.17, 15) is 34.5 Å². The zero-order chi connectivity index (χ0) is 29.1. The Hall–Kier alpha value is -5.44. The maximum Gasteiger partial charge on any atom is 0.336 e. The van der Waals surface area contributed by atoms with Gasteiger partial charge in [-0.05, 0) is 65.9 Å². The first-order valence-corrected chi connectivity index (χ1v) is 12.8. The first-order valence-electron chi connectivity index (χ1n) is 12.8. The Morgan fingerprint density at radius 2 is 1.10 bits per heavy atom. The smallest absolute Gasteiger partial charge is 0.336 e. The molecule has 0 heterocycles. The summed E-state index contributed by atoms with van der Waals surface area (Å²) in [6.45, 7) is 0.102. The minimum absolute atomic E-state index is 0.102. The Morgan fingerprint density at radius 3 is 1.63 bits per heavy atom. The van der Waals surface area contributed by atoms with Crippen LogP contribution in [-0.2, 0) is 19.4 Å². The summed E-state index contributed by atoms with van der Waals surface area (Å²) in [5, 5.41) is 29.0. The summed E-state index contributed by atoms with van der Waals surface area (Å²) in [5.41, 5.74) is 0.528. The molecule has 0 spiro atoms. The van der Waals surface area contributed by atoms with Gasteiger partial charge in [0.15, 0.2) is 0 Å². The molecule has 1 aliphatic rings. The molecule has 4 aromatic rings. The average molecular weight is 552 g/mol. The van der Waals surface area contributed by atoms with Gasteiger partial charge in [-0.3, -0.25) is 4.79 Å². The second-order valence-electron chi connectivity index (χ2n) is 9.68. The number of carboxylic acids is 3. The van der Waals surface area contributed by atoms with E-state index in [0.717, 1.165) is 28.8 Å². The molecule has 0 aromatic heterocycles. The lowest BCUT2D eigenvalue weighted by molar-refractivity contribution is 0.0628. The van der Waals surface area contributed by atoms with Gasteiger partial charge in [-0.1, -0.05) is 54.6 Å². The molecule has 5 rings (SSSR count). The number of nitrogens with zero attached hydrogens (tertiary/aromatic N) is 1. The topological polar surface area (TPSA) is 141 Å². The number of aromatic carboxylic acids is 3. The van der Waals surface area contributed by atoms with Crippen LogP contribution >= 0.6 is 0 Å². The molecule has 0 bridgehead atoms. The number of amides is 1. The summed E-state index contributed by atoms with van der Waals surface area (Å²) >= 11 is 0. The third-order valence-electron chi connectivity index (χ3n) is 7.07. The zero-order valence-corrected chi connectivity index (χ0v) is 21.7. The van der Waals surface area contributed by atoms with E-state index in [1.807, 2.05) is 54.6 Å². The third-order valence-corrected chi connectivity index (χ3v) is 7.07. The van der Waals surface area contributed by atoms with Crippen LogP contribution in [0.1, 0.15) is 58.1 Å². The minimum atomic E-state index is -1.61. The number of carboxylic acid groups (broad SMARTS) is 3. The number of rotatable bonds is 9. The van der Waals surface area contributed by atoms with Crippen molar-refractivity contribution >= 4 is 23.8 Å². The lowest BCUT2D eigenvalue weighted by Gasteiger charge is -2.30. The van der Waals surface area contributed by atoms with Crippen molar-refractivity contribution in [1.82, 2.24) is 4.90 Å². The normalized spacial score (nSPS) is 12.4. The van der Waals surface area contributed by atoms with E-state index in [1.54, 1.807) is 24.3 Å². The molecule has 0 fully saturated rings. The van der Waals surface area contributed by atoms with Crippen LogP contribution in [0, 0.1) is 0 Å². The number of benzene rings is 4. The lowest BCUT2D eigenvalue weighted by Crippen LogP contribution is -2.41. The molecule has 4 aromatic carbocycles. The van der Waals surface area contributed by atoms with Crippen LogP contribution in [-0.4, -0.2) is 50.1 Å². The molecule has 0 saturated carbocycles. The molecule has 41 heavy (non-hydrogen) atoms. The van der Waals surface area contributed by atoms with Crippen molar-refractivity contribution in [1.29, 1.82) is 0 Å². The SMILES string of the molecule is O=C(O)c1cc(C(=O)O)c(C(=O)N(Cc2ccc(Oc3ccccc3)cc2)C2Cc3ccccc3C2)cc1C(=O)O. The molecule has 3 N–H and O–H groups in total. The molecule has 1 aliphatic carbocycles. The number of carbonyl (C=O) groups excluding carboxylic acids is 1. The first kappa shape index (κ1) is 27.1. The summed E-state index contributed by atoms with van der Waals surface area (Å²) in [6, 6.07) is 25.4. The molecule has 0 unspecified atom stereocenters. The Labute approximate surface area is 234 Å². The van der Waals surface area contributed by atoms with E-state index < -0.39 is 40.5 Å². The highest BCUT2D eigenvalue weighted by atomic mass is 16.5. The summed E-state index contributed by atoms with van der Waals surface area (Å²) in [6.07, 6.45) is 1.05. The van der Waals surface area contributed by atoms with Crippen molar-refractivity contribution in [2.45, 2.75) is 25.4 Å². The standard InChI is InChI=1S/C32H25NO8/c34-29(25-16-27(31(37)38)28(32(39)40)17-26(25)30(35)36)33(22-14-20-6-4-5-7-21(20)15-22)18-19-10-12-24(13-11-19)41-23-8-2-1-3-9-23/h1-13,16-17,22H,14-15,18H2,(H,35,36)(H,37,38)(H,39,40). The van der Waals surface area contributed by atoms with Gasteiger partial charge in [0, 0.05) is 12.6 Å². The van der Waals surface area contributed by atoms with Crippen molar-refractivity contribution in [2.24, 2.45) is 0 Å². The molecular formula is C32H25NO8. The van der Waals surface area contributed by atoms with Crippen molar-refractivity contribution in [3.8, 4) is 11.5 Å². The van der Waals surface area contributed by atoms with Gasteiger partial charge >= 0.3 is 17.9 Å². The number of hydrogen-bond acceptors (Lipinski definition) is 5. The second-order valence-corrected chi connectivity index (χ2v) is 9.68. The fourth-order valence-electron chi connectivity index (χ4n) is 5.07. The maximum absolute atomic E-state index is 14.1. The predicted octanol–water partition coefficient (Wildman–Crippen LogP) is 5.38. The average Bonchev–Trinajstić information content (AvgIpc) is 3.40. The van der Waals surface area contributed by atoms with Crippen molar-refractivity contribution < 1.29 is 39.2 Å². The van der Waals surface area contributed by atoms with Gasteiger partial charge in [-0.25, -0.2) is 14.4 Å². The number of para-hydroxylation sites is 1. The molecule has 9 heteroatoms. The quantitative estimate of drug-likeness (QED) is 0.252. The Bertz CT molecular complexity index is 1620. The van der Waals surface area contributed by atoms with Gasteiger partial charge < -0.3 is 25.0 Å². The van der Waals surface area contributed by atoms with Gasteiger partial charge in [0.2, 0.25) is 0 Å². The summed E-state index contributed by atoms with van der Waals surface area (Å²) in [7, 11) is 0. The monoisotopic (exact) mass is 551 g/mol. The van der Waals surface area contributed by atoms with Crippen molar-refractivity contribution in [3.05, 3.63) is 130 Å².